The van der Waals surface area contributed by atoms with Gasteiger partial charge in [0.1, 0.15) is 5.75 Å². The van der Waals surface area contributed by atoms with Crippen LogP contribution in [0.25, 0.3) is 0 Å². The summed E-state index contributed by atoms with van der Waals surface area (Å²) >= 11 is 0. The van der Waals surface area contributed by atoms with Crippen molar-refractivity contribution in [3.05, 3.63) is 29.8 Å². The van der Waals surface area contributed by atoms with E-state index in [1.54, 1.807) is 12.1 Å². The first-order valence-electron chi connectivity index (χ1n) is 5.41. The largest absolute Gasteiger partial charge is 0.493 e. The minimum Gasteiger partial charge on any atom is -0.493 e. The summed E-state index contributed by atoms with van der Waals surface area (Å²) < 4.78 is 10.4. The van der Waals surface area contributed by atoms with Gasteiger partial charge in [-0.1, -0.05) is 12.1 Å². The van der Waals surface area contributed by atoms with Gasteiger partial charge in [0, 0.05) is 0 Å². The van der Waals surface area contributed by atoms with Crippen molar-refractivity contribution < 1.29 is 14.3 Å². The molecule has 0 aliphatic carbocycles. The minimum absolute atomic E-state index is 0.0997. The molecule has 1 amide bonds. The molecule has 16 heavy (non-hydrogen) atoms. The predicted octanol–water partition coefficient (Wildman–Crippen LogP) is 1.21. The Kier molecular flexibility index (Phi) is 3.41. The van der Waals surface area contributed by atoms with Gasteiger partial charge in [-0.25, -0.2) is 0 Å². The van der Waals surface area contributed by atoms with Gasteiger partial charge in [0.25, 0.3) is 5.91 Å². The zero-order valence-corrected chi connectivity index (χ0v) is 9.23. The van der Waals surface area contributed by atoms with E-state index in [0.29, 0.717) is 31.1 Å². The molecule has 0 aromatic heterocycles. The second-order valence-corrected chi connectivity index (χ2v) is 3.64. The molecule has 0 unspecified atom stereocenters. The second kappa shape index (κ2) is 4.99. The predicted molar refractivity (Wildman–Crippen MR) is 59.7 cm³/mol. The molecule has 0 radical (unpaired) electrons. The van der Waals surface area contributed by atoms with Crippen molar-refractivity contribution in [1.82, 2.24) is 5.32 Å². The number of rotatable bonds is 4. The molecule has 1 aromatic carbocycles. The molecule has 1 aliphatic rings. The highest BCUT2D eigenvalue weighted by Crippen LogP contribution is 2.18. The summed E-state index contributed by atoms with van der Waals surface area (Å²) in [4.78, 5) is 11.9. The van der Waals surface area contributed by atoms with Crippen LogP contribution >= 0.6 is 0 Å². The highest BCUT2D eigenvalue weighted by Gasteiger charge is 2.22. The van der Waals surface area contributed by atoms with E-state index in [9.17, 15) is 4.79 Å². The minimum atomic E-state index is -0.0997. The Bertz CT molecular complexity index is 374. The standard InChI is InChI=1S/C12H15NO3/c1-2-16-11-6-4-3-5-10(11)12(14)13-9-7-15-8-9/h3-6,9H,2,7-8H2,1H3,(H,13,14). The van der Waals surface area contributed by atoms with Gasteiger partial charge < -0.3 is 14.8 Å². The van der Waals surface area contributed by atoms with Crippen LogP contribution in [0.4, 0.5) is 0 Å². The van der Waals surface area contributed by atoms with Crippen molar-refractivity contribution in [2.45, 2.75) is 13.0 Å². The Morgan fingerprint density at radius 2 is 2.25 bits per heavy atom. The molecule has 1 saturated heterocycles. The molecule has 4 nitrogen and oxygen atoms in total. The van der Waals surface area contributed by atoms with Crippen LogP contribution < -0.4 is 10.1 Å². The molecule has 1 aromatic rings. The molecular weight excluding hydrogens is 206 g/mol. The molecule has 0 atom stereocenters. The van der Waals surface area contributed by atoms with Crippen molar-refractivity contribution >= 4 is 5.91 Å². The van der Waals surface area contributed by atoms with E-state index in [-0.39, 0.29) is 11.9 Å². The lowest BCUT2D eigenvalue weighted by Crippen LogP contribution is -2.48. The number of nitrogens with one attached hydrogen (secondary N) is 1. The summed E-state index contributed by atoms with van der Waals surface area (Å²) in [5.74, 6) is 0.528. The van der Waals surface area contributed by atoms with Crippen molar-refractivity contribution in [1.29, 1.82) is 0 Å². The average molecular weight is 221 g/mol. The third-order valence-corrected chi connectivity index (χ3v) is 2.40. The van der Waals surface area contributed by atoms with Gasteiger partial charge in [-0.3, -0.25) is 4.79 Å². The van der Waals surface area contributed by atoms with Gasteiger partial charge >= 0.3 is 0 Å². The van der Waals surface area contributed by atoms with Crippen molar-refractivity contribution in [2.75, 3.05) is 19.8 Å². The summed E-state index contributed by atoms with van der Waals surface area (Å²) in [6.07, 6.45) is 0. The highest BCUT2D eigenvalue weighted by molar-refractivity contribution is 5.97. The van der Waals surface area contributed by atoms with E-state index < -0.39 is 0 Å². The Hall–Kier alpha value is -1.55. The second-order valence-electron chi connectivity index (χ2n) is 3.64. The van der Waals surface area contributed by atoms with Crippen LogP contribution in [0.5, 0.6) is 5.75 Å². The molecule has 2 rings (SSSR count). The number of benzene rings is 1. The third kappa shape index (κ3) is 2.33. The molecule has 1 aliphatic heterocycles. The van der Waals surface area contributed by atoms with Crippen LogP contribution in [0.15, 0.2) is 24.3 Å². The topological polar surface area (TPSA) is 47.6 Å². The first kappa shape index (κ1) is 11.0. The van der Waals surface area contributed by atoms with Crippen LogP contribution in [0.1, 0.15) is 17.3 Å². The van der Waals surface area contributed by atoms with Gasteiger partial charge in [-0.05, 0) is 19.1 Å². The van der Waals surface area contributed by atoms with Crippen LogP contribution in [0.3, 0.4) is 0 Å². The SMILES string of the molecule is CCOc1ccccc1C(=O)NC1COC1. The molecule has 1 heterocycles. The molecule has 1 fully saturated rings. The summed E-state index contributed by atoms with van der Waals surface area (Å²) in [5, 5.41) is 2.89. The quantitative estimate of drug-likeness (QED) is 0.831. The zero-order valence-electron chi connectivity index (χ0n) is 9.23. The molecule has 4 heteroatoms. The molecular formula is C12H15NO3. The van der Waals surface area contributed by atoms with Crippen molar-refractivity contribution in [2.24, 2.45) is 0 Å². The molecule has 0 saturated carbocycles. The van der Waals surface area contributed by atoms with Crippen molar-refractivity contribution in [3.8, 4) is 5.75 Å². The normalized spacial score (nSPS) is 15.3. The van der Waals surface area contributed by atoms with Gasteiger partial charge in [0.15, 0.2) is 0 Å². The Morgan fingerprint density at radius 3 is 2.88 bits per heavy atom. The number of carbonyl (C=O) groups is 1. The van der Waals surface area contributed by atoms with Crippen LogP contribution in [-0.4, -0.2) is 31.8 Å². The number of para-hydroxylation sites is 1. The smallest absolute Gasteiger partial charge is 0.255 e. The van der Waals surface area contributed by atoms with E-state index in [1.165, 1.54) is 0 Å². The third-order valence-electron chi connectivity index (χ3n) is 2.40. The zero-order chi connectivity index (χ0) is 11.4. The number of hydrogen-bond donors (Lipinski definition) is 1. The van der Waals surface area contributed by atoms with Gasteiger partial charge in [-0.2, -0.15) is 0 Å². The molecule has 0 bridgehead atoms. The Labute approximate surface area is 94.6 Å². The summed E-state index contributed by atoms with van der Waals surface area (Å²) in [5.41, 5.74) is 0.580. The summed E-state index contributed by atoms with van der Waals surface area (Å²) in [7, 11) is 0. The molecule has 1 N–H and O–H groups in total. The lowest BCUT2D eigenvalue weighted by atomic mass is 10.1. The highest BCUT2D eigenvalue weighted by atomic mass is 16.5. The number of carbonyl (C=O) groups excluding carboxylic acids is 1. The number of amides is 1. The van der Waals surface area contributed by atoms with E-state index in [4.69, 9.17) is 9.47 Å². The lowest BCUT2D eigenvalue weighted by Gasteiger charge is -2.27. The fourth-order valence-corrected chi connectivity index (χ4v) is 1.52. The first-order valence-corrected chi connectivity index (χ1v) is 5.41. The van der Waals surface area contributed by atoms with E-state index in [2.05, 4.69) is 5.32 Å². The molecule has 86 valence electrons. The lowest BCUT2D eigenvalue weighted by molar-refractivity contribution is -0.00351. The summed E-state index contributed by atoms with van der Waals surface area (Å²) in [6.45, 7) is 3.65. The average Bonchev–Trinajstić information content (AvgIpc) is 2.24. The van der Waals surface area contributed by atoms with Crippen LogP contribution in [0.2, 0.25) is 0 Å². The summed E-state index contributed by atoms with van der Waals surface area (Å²) in [6, 6.07) is 7.39. The van der Waals surface area contributed by atoms with E-state index >= 15 is 0 Å². The number of hydrogen-bond acceptors (Lipinski definition) is 3. The fraction of sp³-hybridized carbons (Fsp3) is 0.417. The Morgan fingerprint density at radius 1 is 1.50 bits per heavy atom. The van der Waals surface area contributed by atoms with Gasteiger partial charge in [0.2, 0.25) is 0 Å². The maximum atomic E-state index is 11.9. The van der Waals surface area contributed by atoms with E-state index in [0.717, 1.165) is 0 Å². The van der Waals surface area contributed by atoms with E-state index in [1.807, 2.05) is 19.1 Å². The van der Waals surface area contributed by atoms with Crippen LogP contribution in [0, 0.1) is 0 Å². The maximum Gasteiger partial charge on any atom is 0.255 e. The first-order chi connectivity index (χ1) is 7.81. The number of ether oxygens (including phenoxy) is 2. The molecule has 0 spiro atoms. The maximum absolute atomic E-state index is 11.9. The monoisotopic (exact) mass is 221 g/mol. The van der Waals surface area contributed by atoms with Gasteiger partial charge in [-0.15, -0.1) is 0 Å². The van der Waals surface area contributed by atoms with Crippen molar-refractivity contribution in [3.63, 3.8) is 0 Å². The van der Waals surface area contributed by atoms with Crippen LogP contribution in [-0.2, 0) is 4.74 Å². The van der Waals surface area contributed by atoms with Gasteiger partial charge in [0.05, 0.1) is 31.4 Å². The Balaban J connectivity index is 2.08. The fourth-order valence-electron chi connectivity index (χ4n) is 1.52.